The fourth-order valence-corrected chi connectivity index (χ4v) is 1.28. The third-order valence-corrected chi connectivity index (χ3v) is 2.30. The minimum atomic E-state index is 0.562. The molecule has 0 aromatic heterocycles. The smallest absolute Gasteiger partial charge is 0.0939 e. The van der Waals surface area contributed by atoms with Crippen LogP contribution in [0.2, 0.25) is 0 Å². The largest absolute Gasteiger partial charge is 0.326 e. The Labute approximate surface area is 76.7 Å². The molecule has 0 heterocycles. The van der Waals surface area contributed by atoms with E-state index in [9.17, 15) is 0 Å². The van der Waals surface area contributed by atoms with E-state index in [2.05, 4.69) is 0 Å². The first-order valence-corrected chi connectivity index (χ1v) is 4.92. The van der Waals surface area contributed by atoms with Crippen molar-refractivity contribution in [2.75, 3.05) is 6.26 Å². The zero-order valence-electron chi connectivity index (χ0n) is 7.00. The van der Waals surface area contributed by atoms with Gasteiger partial charge in [-0.2, -0.15) is 0 Å². The summed E-state index contributed by atoms with van der Waals surface area (Å²) in [5, 5.41) is 8.13. The lowest BCUT2D eigenvalue weighted by molar-refractivity contribution is 1.07. The maximum Gasteiger partial charge on any atom is 0.0939 e. The molecule has 3 heteroatoms. The van der Waals surface area contributed by atoms with E-state index in [-0.39, 0.29) is 0 Å². The predicted octanol–water partition coefficient (Wildman–Crippen LogP) is 1.83. The molecule has 64 valence electrons. The molecule has 0 saturated heterocycles. The summed E-state index contributed by atoms with van der Waals surface area (Å²) < 4.78 is 0. The van der Waals surface area contributed by atoms with Crippen LogP contribution < -0.4 is 5.73 Å². The Kier molecular flexibility index (Phi) is 3.31. The van der Waals surface area contributed by atoms with Crippen molar-refractivity contribution in [1.29, 1.82) is 5.41 Å². The second-order valence-electron chi connectivity index (χ2n) is 2.43. The monoisotopic (exact) mass is 180 g/mol. The van der Waals surface area contributed by atoms with Crippen LogP contribution in [0.4, 0.5) is 0 Å². The van der Waals surface area contributed by atoms with Gasteiger partial charge in [-0.1, -0.05) is 24.3 Å². The van der Waals surface area contributed by atoms with Crippen molar-refractivity contribution in [2.24, 2.45) is 5.73 Å². The Morgan fingerprint density at radius 1 is 1.42 bits per heavy atom. The van der Waals surface area contributed by atoms with E-state index >= 15 is 0 Å². The zero-order valence-corrected chi connectivity index (χ0v) is 7.82. The second-order valence-corrected chi connectivity index (χ2v) is 3.25. The number of thioether (sulfide) groups is 1. The van der Waals surface area contributed by atoms with Crippen molar-refractivity contribution in [1.82, 2.24) is 0 Å². The molecule has 1 rings (SSSR count). The van der Waals surface area contributed by atoms with Crippen LogP contribution in [0.1, 0.15) is 11.1 Å². The van der Waals surface area contributed by atoms with Crippen molar-refractivity contribution >= 4 is 16.8 Å². The Balaban J connectivity index is 2.84. The molecule has 12 heavy (non-hydrogen) atoms. The molecule has 0 aliphatic heterocycles. The third-order valence-electron chi connectivity index (χ3n) is 1.66. The topological polar surface area (TPSA) is 49.9 Å². The number of nitrogens with two attached hydrogens (primary N) is 1. The molecule has 0 unspecified atom stereocenters. The molecule has 0 amide bonds. The van der Waals surface area contributed by atoms with Gasteiger partial charge in [0.05, 0.1) is 5.04 Å². The van der Waals surface area contributed by atoms with Crippen molar-refractivity contribution in [2.45, 2.75) is 6.54 Å². The highest BCUT2D eigenvalue weighted by atomic mass is 32.2. The van der Waals surface area contributed by atoms with Gasteiger partial charge in [-0.25, -0.2) is 0 Å². The SMILES string of the molecule is CSC(=N)c1ccc(CN)cc1. The lowest BCUT2D eigenvalue weighted by atomic mass is 10.1. The van der Waals surface area contributed by atoms with Gasteiger partial charge < -0.3 is 5.73 Å². The minimum absolute atomic E-state index is 0.562. The molecule has 0 aliphatic rings. The predicted molar refractivity (Wildman–Crippen MR) is 54.7 cm³/mol. The molecule has 0 bridgehead atoms. The molecule has 3 N–H and O–H groups in total. The van der Waals surface area contributed by atoms with Crippen LogP contribution in [0.15, 0.2) is 24.3 Å². The van der Waals surface area contributed by atoms with Crippen LogP contribution in [-0.4, -0.2) is 11.3 Å². The Bertz CT molecular complexity index is 266. The highest BCUT2D eigenvalue weighted by Gasteiger charge is 1.97. The normalized spacial score (nSPS) is 9.83. The maximum atomic E-state index is 7.54. The Morgan fingerprint density at radius 3 is 2.42 bits per heavy atom. The van der Waals surface area contributed by atoms with Gasteiger partial charge >= 0.3 is 0 Å². The average Bonchev–Trinajstić information content (AvgIpc) is 2.17. The molecular weight excluding hydrogens is 168 g/mol. The third kappa shape index (κ3) is 2.09. The van der Waals surface area contributed by atoms with Gasteiger partial charge in [-0.15, -0.1) is 11.8 Å². The van der Waals surface area contributed by atoms with Crippen LogP contribution in [0.3, 0.4) is 0 Å². The summed E-state index contributed by atoms with van der Waals surface area (Å²) in [5.41, 5.74) is 7.51. The average molecular weight is 180 g/mol. The van der Waals surface area contributed by atoms with Gasteiger partial charge in [0.25, 0.3) is 0 Å². The van der Waals surface area contributed by atoms with Gasteiger partial charge in [-0.3, -0.25) is 5.41 Å². The molecule has 1 aromatic carbocycles. The molecule has 0 radical (unpaired) electrons. The van der Waals surface area contributed by atoms with Crippen molar-refractivity contribution < 1.29 is 0 Å². The summed E-state index contributed by atoms with van der Waals surface area (Å²) in [7, 11) is 0. The Morgan fingerprint density at radius 2 is 2.00 bits per heavy atom. The van der Waals surface area contributed by atoms with E-state index in [1.165, 1.54) is 11.8 Å². The Hall–Kier alpha value is -0.800. The summed E-state index contributed by atoms with van der Waals surface area (Å²) in [6.45, 7) is 0.562. The van der Waals surface area contributed by atoms with Gasteiger partial charge in [0.15, 0.2) is 0 Å². The van der Waals surface area contributed by atoms with E-state index < -0.39 is 0 Å². The number of benzene rings is 1. The van der Waals surface area contributed by atoms with E-state index in [0.29, 0.717) is 11.6 Å². The number of hydrogen-bond donors (Lipinski definition) is 2. The highest BCUT2D eigenvalue weighted by molar-refractivity contribution is 8.13. The van der Waals surface area contributed by atoms with Crippen molar-refractivity contribution in [3.05, 3.63) is 35.4 Å². The van der Waals surface area contributed by atoms with Gasteiger partial charge in [0.2, 0.25) is 0 Å². The molecule has 0 fully saturated rings. The van der Waals surface area contributed by atoms with Crippen LogP contribution in [0.5, 0.6) is 0 Å². The molecule has 2 nitrogen and oxygen atoms in total. The zero-order chi connectivity index (χ0) is 8.97. The van der Waals surface area contributed by atoms with Crippen molar-refractivity contribution in [3.63, 3.8) is 0 Å². The van der Waals surface area contributed by atoms with Crippen LogP contribution in [0, 0.1) is 5.41 Å². The van der Waals surface area contributed by atoms with Crippen LogP contribution >= 0.6 is 11.8 Å². The first-order chi connectivity index (χ1) is 5.77. The molecular formula is C9H12N2S. The van der Waals surface area contributed by atoms with Gasteiger partial charge in [0, 0.05) is 12.1 Å². The maximum absolute atomic E-state index is 7.54. The quantitative estimate of drug-likeness (QED) is 0.539. The lowest BCUT2D eigenvalue weighted by Gasteiger charge is -2.01. The first kappa shape index (κ1) is 9.29. The summed E-state index contributed by atoms with van der Waals surface area (Å²) in [6.07, 6.45) is 1.90. The molecule has 1 aromatic rings. The highest BCUT2D eigenvalue weighted by Crippen LogP contribution is 2.10. The number of nitrogens with one attached hydrogen (secondary N) is 1. The van der Waals surface area contributed by atoms with Crippen molar-refractivity contribution in [3.8, 4) is 0 Å². The summed E-state index contributed by atoms with van der Waals surface area (Å²) in [6, 6.07) is 7.78. The standard InChI is InChI=1S/C9H12N2S/c1-12-9(11)8-4-2-7(6-10)3-5-8/h2-5,11H,6,10H2,1H3. The first-order valence-electron chi connectivity index (χ1n) is 3.70. The summed E-state index contributed by atoms with van der Waals surface area (Å²) in [4.78, 5) is 0. The lowest BCUT2D eigenvalue weighted by Crippen LogP contribution is -1.97. The van der Waals surface area contributed by atoms with Crippen LogP contribution in [-0.2, 0) is 6.54 Å². The molecule has 0 aliphatic carbocycles. The van der Waals surface area contributed by atoms with E-state index in [1.807, 2.05) is 30.5 Å². The second kappa shape index (κ2) is 4.28. The van der Waals surface area contributed by atoms with E-state index in [0.717, 1.165) is 11.1 Å². The fourth-order valence-electron chi connectivity index (χ4n) is 0.910. The minimum Gasteiger partial charge on any atom is -0.326 e. The fraction of sp³-hybridized carbons (Fsp3) is 0.222. The summed E-state index contributed by atoms with van der Waals surface area (Å²) in [5.74, 6) is 0. The van der Waals surface area contributed by atoms with E-state index in [4.69, 9.17) is 11.1 Å². The number of rotatable bonds is 2. The number of hydrogen-bond acceptors (Lipinski definition) is 3. The summed E-state index contributed by atoms with van der Waals surface area (Å²) >= 11 is 1.44. The molecule has 0 saturated carbocycles. The van der Waals surface area contributed by atoms with E-state index in [1.54, 1.807) is 0 Å². The molecule has 0 spiro atoms. The van der Waals surface area contributed by atoms with Gasteiger partial charge in [0.1, 0.15) is 0 Å². The van der Waals surface area contributed by atoms with Gasteiger partial charge in [-0.05, 0) is 11.8 Å². The van der Waals surface area contributed by atoms with Crippen LogP contribution in [0.25, 0.3) is 0 Å². The molecule has 0 atom stereocenters.